The van der Waals surface area contributed by atoms with Gasteiger partial charge in [0.15, 0.2) is 8.32 Å². The Hall–Kier alpha value is -0.646. The minimum Gasteiger partial charge on any atom is -0.411 e. The first-order valence-electron chi connectivity index (χ1n) is 11.1. The lowest BCUT2D eigenvalue weighted by atomic mass is 10.0. The summed E-state index contributed by atoms with van der Waals surface area (Å²) in [7, 11) is -3.24. The lowest BCUT2D eigenvalue weighted by Gasteiger charge is -2.42. The van der Waals surface area contributed by atoms with Gasteiger partial charge in [0, 0.05) is 0 Å². The largest absolute Gasteiger partial charge is 0.411 e. The van der Waals surface area contributed by atoms with Crippen LogP contribution in [0.15, 0.2) is 24.3 Å². The molecule has 0 fully saturated rings. The van der Waals surface area contributed by atoms with Gasteiger partial charge in [0.2, 0.25) is 0 Å². The van der Waals surface area contributed by atoms with Crippen LogP contribution < -0.4 is 0 Å². The van der Waals surface area contributed by atoms with E-state index in [1.807, 2.05) is 12.2 Å². The second kappa shape index (κ2) is 11.1. The number of allylic oxidation sites excluding steroid dienone is 1. The van der Waals surface area contributed by atoms with Crippen molar-refractivity contribution in [3.8, 4) is 11.5 Å². The SMILES string of the molecule is CCC1OC(C(O)C/C=C/C#C[Si](C)(C)C)C/C=C\CC1O[Si](C)(C)C(C)(C)C. The third kappa shape index (κ3) is 9.36. The van der Waals surface area contributed by atoms with Crippen LogP contribution in [-0.2, 0) is 9.16 Å². The molecule has 1 heterocycles. The molecule has 4 atom stereocenters. The van der Waals surface area contributed by atoms with E-state index in [2.05, 4.69) is 84.0 Å². The van der Waals surface area contributed by atoms with Gasteiger partial charge in [-0.15, -0.1) is 5.54 Å². The van der Waals surface area contributed by atoms with Gasteiger partial charge in [-0.3, -0.25) is 0 Å². The highest BCUT2D eigenvalue weighted by atomic mass is 28.4. The first kappa shape index (κ1) is 26.4. The summed E-state index contributed by atoms with van der Waals surface area (Å²) in [6.45, 7) is 20.2. The monoisotopic (exact) mass is 436 g/mol. The van der Waals surface area contributed by atoms with Crippen LogP contribution in [0.5, 0.6) is 0 Å². The lowest BCUT2D eigenvalue weighted by Crippen LogP contribution is -2.49. The van der Waals surface area contributed by atoms with Crippen LogP contribution >= 0.6 is 0 Å². The predicted molar refractivity (Wildman–Crippen MR) is 130 cm³/mol. The second-order valence-corrected chi connectivity index (χ2v) is 20.2. The molecule has 3 nitrogen and oxygen atoms in total. The van der Waals surface area contributed by atoms with Crippen molar-refractivity contribution in [2.24, 2.45) is 0 Å². The smallest absolute Gasteiger partial charge is 0.192 e. The molecule has 0 aliphatic carbocycles. The number of rotatable bonds is 6. The van der Waals surface area contributed by atoms with Crippen molar-refractivity contribution in [2.75, 3.05) is 0 Å². The maximum absolute atomic E-state index is 10.7. The van der Waals surface area contributed by atoms with Crippen molar-refractivity contribution in [1.29, 1.82) is 0 Å². The Balaban J connectivity index is 2.81. The standard InChI is InChI=1S/C24H44O3Si2/c1-10-21-23(27-29(8,9)24(2,3)4)18-14-13-17-22(26-21)20(25)16-12-11-15-19-28(5,6)7/h11-14,20-23,25H,10,16-18H2,1-9H3/b12-11+,14-13-. The molecule has 0 radical (unpaired) electrons. The van der Waals surface area contributed by atoms with Crippen LogP contribution in [0.3, 0.4) is 0 Å². The third-order valence-electron chi connectivity index (χ3n) is 5.78. The van der Waals surface area contributed by atoms with Gasteiger partial charge in [-0.2, -0.15) is 0 Å². The summed E-state index contributed by atoms with van der Waals surface area (Å²) in [5, 5.41) is 10.9. The first-order chi connectivity index (χ1) is 13.3. The van der Waals surface area contributed by atoms with E-state index in [9.17, 15) is 5.11 Å². The zero-order valence-electron chi connectivity index (χ0n) is 20.2. The Kier molecular flexibility index (Phi) is 10.1. The fraction of sp³-hybridized carbons (Fsp3) is 0.750. The lowest BCUT2D eigenvalue weighted by molar-refractivity contribution is -0.112. The highest BCUT2D eigenvalue weighted by Gasteiger charge is 2.41. The normalized spacial score (nSPS) is 26.3. The molecule has 1 rings (SSSR count). The summed E-state index contributed by atoms with van der Waals surface area (Å²) in [6.07, 6.45) is 10.5. The maximum atomic E-state index is 10.7. The Morgan fingerprint density at radius 2 is 1.79 bits per heavy atom. The van der Waals surface area contributed by atoms with Gasteiger partial charge in [-0.1, -0.05) is 71.5 Å². The third-order valence-corrected chi connectivity index (χ3v) is 11.2. The van der Waals surface area contributed by atoms with Crippen molar-refractivity contribution >= 4 is 16.4 Å². The molecule has 29 heavy (non-hydrogen) atoms. The molecule has 0 spiro atoms. The number of hydrogen-bond donors (Lipinski definition) is 1. The van der Waals surface area contributed by atoms with Crippen molar-refractivity contribution in [3.05, 3.63) is 24.3 Å². The Morgan fingerprint density at radius 1 is 1.17 bits per heavy atom. The molecule has 1 N–H and O–H groups in total. The van der Waals surface area contributed by atoms with Gasteiger partial charge >= 0.3 is 0 Å². The molecule has 0 aromatic rings. The summed E-state index contributed by atoms with van der Waals surface area (Å²) in [5.74, 6) is 3.12. The van der Waals surface area contributed by atoms with Gasteiger partial charge in [0.25, 0.3) is 0 Å². The minimum absolute atomic E-state index is 0.00406. The molecular weight excluding hydrogens is 392 g/mol. The second-order valence-electron chi connectivity index (χ2n) is 10.7. The molecule has 0 aromatic carbocycles. The minimum atomic E-state index is -1.88. The summed E-state index contributed by atoms with van der Waals surface area (Å²) in [4.78, 5) is 0. The quantitative estimate of drug-likeness (QED) is 0.311. The van der Waals surface area contributed by atoms with Gasteiger partial charge in [-0.05, 0) is 49.9 Å². The van der Waals surface area contributed by atoms with Gasteiger partial charge in [0.05, 0.1) is 24.4 Å². The highest BCUT2D eigenvalue weighted by Crippen LogP contribution is 2.39. The van der Waals surface area contributed by atoms with E-state index in [1.54, 1.807) is 0 Å². The van der Waals surface area contributed by atoms with Gasteiger partial charge in [-0.25, -0.2) is 0 Å². The Morgan fingerprint density at radius 3 is 2.34 bits per heavy atom. The number of aliphatic hydroxyl groups is 1. The number of aliphatic hydroxyl groups excluding tert-OH is 1. The van der Waals surface area contributed by atoms with Crippen LogP contribution in [0.1, 0.15) is 53.4 Å². The summed E-state index contributed by atoms with van der Waals surface area (Å²) < 4.78 is 13.1. The molecule has 0 amide bonds. The zero-order chi connectivity index (χ0) is 22.3. The van der Waals surface area contributed by atoms with Crippen LogP contribution in [0.25, 0.3) is 0 Å². The van der Waals surface area contributed by atoms with Crippen LogP contribution in [0.2, 0.25) is 37.8 Å². The predicted octanol–water partition coefficient (Wildman–Crippen LogP) is 6.08. The van der Waals surface area contributed by atoms with Crippen molar-refractivity contribution in [3.63, 3.8) is 0 Å². The van der Waals surface area contributed by atoms with Crippen LogP contribution in [-0.4, -0.2) is 45.9 Å². The molecule has 0 bridgehead atoms. The van der Waals surface area contributed by atoms with Crippen LogP contribution in [0.4, 0.5) is 0 Å². The maximum Gasteiger partial charge on any atom is 0.192 e. The molecule has 0 saturated heterocycles. The summed E-state index contributed by atoms with van der Waals surface area (Å²) in [5.41, 5.74) is 3.31. The van der Waals surface area contributed by atoms with E-state index in [4.69, 9.17) is 9.16 Å². The summed E-state index contributed by atoms with van der Waals surface area (Å²) >= 11 is 0. The molecule has 4 unspecified atom stereocenters. The molecule has 1 aliphatic heterocycles. The molecule has 5 heteroatoms. The first-order valence-corrected chi connectivity index (χ1v) is 17.5. The van der Waals surface area contributed by atoms with E-state index in [0.29, 0.717) is 6.42 Å². The van der Waals surface area contributed by atoms with E-state index in [-0.39, 0.29) is 23.4 Å². The number of ether oxygens (including phenoxy) is 1. The average Bonchev–Trinajstić information content (AvgIpc) is 2.55. The van der Waals surface area contributed by atoms with E-state index >= 15 is 0 Å². The Labute approximate surface area is 182 Å². The van der Waals surface area contributed by atoms with Crippen molar-refractivity contribution in [2.45, 2.75) is 116 Å². The van der Waals surface area contributed by atoms with Crippen molar-refractivity contribution in [1.82, 2.24) is 0 Å². The Bertz CT molecular complexity index is 615. The summed E-state index contributed by atoms with van der Waals surface area (Å²) in [6, 6.07) is 0. The van der Waals surface area contributed by atoms with Gasteiger partial charge in [0.1, 0.15) is 8.07 Å². The fourth-order valence-corrected chi connectivity index (χ4v) is 4.82. The van der Waals surface area contributed by atoms with E-state index < -0.39 is 22.5 Å². The van der Waals surface area contributed by atoms with E-state index in [0.717, 1.165) is 19.3 Å². The van der Waals surface area contributed by atoms with Crippen LogP contribution in [0, 0.1) is 11.5 Å². The molecule has 1 aliphatic rings. The molecule has 0 saturated carbocycles. The number of hydrogen-bond acceptors (Lipinski definition) is 3. The molecular formula is C24H44O3Si2. The van der Waals surface area contributed by atoms with Gasteiger partial charge < -0.3 is 14.3 Å². The zero-order valence-corrected chi connectivity index (χ0v) is 22.2. The topological polar surface area (TPSA) is 38.7 Å². The molecule has 166 valence electrons. The fourth-order valence-electron chi connectivity index (χ4n) is 2.94. The average molecular weight is 437 g/mol. The highest BCUT2D eigenvalue weighted by molar-refractivity contribution is 6.83. The van der Waals surface area contributed by atoms with Crippen molar-refractivity contribution < 1.29 is 14.3 Å². The molecule has 0 aromatic heterocycles. The van der Waals surface area contributed by atoms with E-state index in [1.165, 1.54) is 0 Å².